The Bertz CT molecular complexity index is 687. The molecule has 0 saturated carbocycles. The van der Waals surface area contributed by atoms with Gasteiger partial charge in [0.15, 0.2) is 11.5 Å². The summed E-state index contributed by atoms with van der Waals surface area (Å²) in [6, 6.07) is 4.17. The molecule has 0 aliphatic heterocycles. The highest BCUT2D eigenvalue weighted by molar-refractivity contribution is 7.10. The van der Waals surface area contributed by atoms with Crippen molar-refractivity contribution in [2.45, 2.75) is 53.0 Å². The van der Waals surface area contributed by atoms with Crippen molar-refractivity contribution < 1.29 is 9.47 Å². The predicted octanol–water partition coefficient (Wildman–Crippen LogP) is 4.92. The Hall–Kier alpha value is -1.59. The third-order valence-electron chi connectivity index (χ3n) is 3.70. The molecule has 0 aliphatic rings. The van der Waals surface area contributed by atoms with E-state index in [0.29, 0.717) is 13.2 Å². The number of aromatic nitrogens is 1. The van der Waals surface area contributed by atoms with Crippen molar-refractivity contribution in [2.75, 3.05) is 13.2 Å². The minimum absolute atomic E-state index is 0.00531. The highest BCUT2D eigenvalue weighted by atomic mass is 32.1. The molecule has 132 valence electrons. The number of thiazole rings is 1. The smallest absolute Gasteiger partial charge is 0.170 e. The Morgan fingerprint density at radius 2 is 1.83 bits per heavy atom. The van der Waals surface area contributed by atoms with E-state index in [1.165, 1.54) is 5.56 Å². The maximum absolute atomic E-state index is 5.97. The van der Waals surface area contributed by atoms with Gasteiger partial charge in [0.2, 0.25) is 0 Å². The molecule has 0 bridgehead atoms. The standard InChI is InChI=1S/C19H28N2O2S/c1-7-22-16-10-13(19(4,5)6)9-14(17(16)23-8-2)15-11-24-18(21-15)12(3)20/h9-12H,7-8,20H2,1-6H3. The van der Waals surface area contributed by atoms with Crippen molar-refractivity contribution in [1.82, 2.24) is 4.98 Å². The SMILES string of the molecule is CCOc1cc(C(C)(C)C)cc(-c2csc(C(C)N)n2)c1OCC. The minimum atomic E-state index is -0.0727. The van der Waals surface area contributed by atoms with Crippen LogP contribution in [0.2, 0.25) is 0 Å². The van der Waals surface area contributed by atoms with Crippen LogP contribution in [0, 0.1) is 0 Å². The maximum atomic E-state index is 5.97. The highest BCUT2D eigenvalue weighted by Gasteiger charge is 2.23. The van der Waals surface area contributed by atoms with Crippen LogP contribution >= 0.6 is 11.3 Å². The van der Waals surface area contributed by atoms with Gasteiger partial charge in [0.25, 0.3) is 0 Å². The average molecular weight is 349 g/mol. The summed E-state index contributed by atoms with van der Waals surface area (Å²) in [4.78, 5) is 4.71. The molecule has 0 aliphatic carbocycles. The van der Waals surface area contributed by atoms with Crippen LogP contribution < -0.4 is 15.2 Å². The monoisotopic (exact) mass is 348 g/mol. The topological polar surface area (TPSA) is 57.4 Å². The van der Waals surface area contributed by atoms with Gasteiger partial charge in [-0.2, -0.15) is 0 Å². The summed E-state index contributed by atoms with van der Waals surface area (Å²) in [5.41, 5.74) is 9.03. The number of benzene rings is 1. The first-order chi connectivity index (χ1) is 11.3. The summed E-state index contributed by atoms with van der Waals surface area (Å²) < 4.78 is 11.8. The van der Waals surface area contributed by atoms with E-state index in [2.05, 4.69) is 32.9 Å². The van der Waals surface area contributed by atoms with Crippen LogP contribution in [-0.4, -0.2) is 18.2 Å². The predicted molar refractivity (Wildman–Crippen MR) is 101 cm³/mol. The molecule has 1 aromatic heterocycles. The van der Waals surface area contributed by atoms with Crippen molar-refractivity contribution in [1.29, 1.82) is 0 Å². The molecule has 1 atom stereocenters. The third-order valence-corrected chi connectivity index (χ3v) is 4.74. The van der Waals surface area contributed by atoms with Gasteiger partial charge in [-0.15, -0.1) is 11.3 Å². The second-order valence-corrected chi connectivity index (χ2v) is 7.72. The molecular weight excluding hydrogens is 320 g/mol. The van der Waals surface area contributed by atoms with Crippen LogP contribution in [0.1, 0.15) is 58.2 Å². The van der Waals surface area contributed by atoms with E-state index in [4.69, 9.17) is 20.2 Å². The molecule has 2 aromatic rings. The first-order valence-corrected chi connectivity index (χ1v) is 9.31. The van der Waals surface area contributed by atoms with E-state index in [1.807, 2.05) is 26.2 Å². The van der Waals surface area contributed by atoms with Crippen LogP contribution in [-0.2, 0) is 5.41 Å². The largest absolute Gasteiger partial charge is 0.490 e. The molecule has 5 heteroatoms. The molecule has 1 unspecified atom stereocenters. The van der Waals surface area contributed by atoms with E-state index in [-0.39, 0.29) is 11.5 Å². The molecule has 24 heavy (non-hydrogen) atoms. The number of hydrogen-bond donors (Lipinski definition) is 1. The van der Waals surface area contributed by atoms with Gasteiger partial charge in [0, 0.05) is 10.9 Å². The lowest BCUT2D eigenvalue weighted by atomic mass is 9.85. The van der Waals surface area contributed by atoms with Gasteiger partial charge in [-0.25, -0.2) is 4.98 Å². The normalized spacial score (nSPS) is 13.0. The quantitative estimate of drug-likeness (QED) is 0.804. The van der Waals surface area contributed by atoms with Crippen molar-refractivity contribution in [3.63, 3.8) is 0 Å². The van der Waals surface area contributed by atoms with Crippen molar-refractivity contribution in [3.05, 3.63) is 28.1 Å². The van der Waals surface area contributed by atoms with Crippen molar-refractivity contribution in [3.8, 4) is 22.8 Å². The van der Waals surface area contributed by atoms with Gasteiger partial charge < -0.3 is 15.2 Å². The zero-order valence-electron chi connectivity index (χ0n) is 15.5. The van der Waals surface area contributed by atoms with Gasteiger partial charge in [0.1, 0.15) is 5.01 Å². The average Bonchev–Trinajstić information content (AvgIpc) is 2.98. The molecule has 0 radical (unpaired) electrons. The molecule has 2 rings (SSSR count). The van der Waals surface area contributed by atoms with Crippen LogP contribution in [0.25, 0.3) is 11.3 Å². The lowest BCUT2D eigenvalue weighted by Crippen LogP contribution is -2.12. The van der Waals surface area contributed by atoms with Gasteiger partial charge in [-0.3, -0.25) is 0 Å². The minimum Gasteiger partial charge on any atom is -0.490 e. The van der Waals surface area contributed by atoms with Crippen LogP contribution in [0.3, 0.4) is 0 Å². The van der Waals surface area contributed by atoms with E-state index in [0.717, 1.165) is 27.8 Å². The summed E-state index contributed by atoms with van der Waals surface area (Å²) >= 11 is 1.58. The summed E-state index contributed by atoms with van der Waals surface area (Å²) in [5, 5.41) is 2.96. The van der Waals surface area contributed by atoms with Crippen molar-refractivity contribution in [2.24, 2.45) is 5.73 Å². The Kier molecular flexibility index (Phi) is 5.88. The molecule has 0 saturated heterocycles. The molecule has 1 aromatic carbocycles. The number of rotatable bonds is 6. The Morgan fingerprint density at radius 1 is 1.17 bits per heavy atom. The summed E-state index contributed by atoms with van der Waals surface area (Å²) in [5.74, 6) is 1.53. The fourth-order valence-corrected chi connectivity index (χ4v) is 3.18. The van der Waals surface area contributed by atoms with E-state index in [1.54, 1.807) is 11.3 Å². The Labute approximate surface area is 149 Å². The first kappa shape index (κ1) is 18.7. The maximum Gasteiger partial charge on any atom is 0.170 e. The summed E-state index contributed by atoms with van der Waals surface area (Å²) in [7, 11) is 0. The molecule has 4 nitrogen and oxygen atoms in total. The van der Waals surface area contributed by atoms with E-state index in [9.17, 15) is 0 Å². The molecule has 1 heterocycles. The second-order valence-electron chi connectivity index (χ2n) is 6.83. The molecule has 0 amide bonds. The molecule has 0 fully saturated rings. The Balaban J connectivity index is 2.66. The lowest BCUT2D eigenvalue weighted by molar-refractivity contribution is 0.288. The fraction of sp³-hybridized carbons (Fsp3) is 0.526. The third kappa shape index (κ3) is 4.08. The number of nitrogens with zero attached hydrogens (tertiary/aromatic N) is 1. The Morgan fingerprint density at radius 3 is 2.33 bits per heavy atom. The van der Waals surface area contributed by atoms with E-state index >= 15 is 0 Å². The molecular formula is C19H28N2O2S. The zero-order chi connectivity index (χ0) is 17.9. The summed E-state index contributed by atoms with van der Waals surface area (Å²) in [6.07, 6.45) is 0. The highest BCUT2D eigenvalue weighted by Crippen LogP contribution is 2.42. The van der Waals surface area contributed by atoms with Gasteiger partial charge >= 0.3 is 0 Å². The fourth-order valence-electron chi connectivity index (χ4n) is 2.40. The summed E-state index contributed by atoms with van der Waals surface area (Å²) in [6.45, 7) is 13.6. The number of nitrogens with two attached hydrogens (primary N) is 1. The number of hydrogen-bond acceptors (Lipinski definition) is 5. The van der Waals surface area contributed by atoms with E-state index < -0.39 is 0 Å². The first-order valence-electron chi connectivity index (χ1n) is 8.43. The van der Waals surface area contributed by atoms with Gasteiger partial charge in [0.05, 0.1) is 24.9 Å². The number of ether oxygens (including phenoxy) is 2. The van der Waals surface area contributed by atoms with Crippen LogP contribution in [0.5, 0.6) is 11.5 Å². The van der Waals surface area contributed by atoms with Crippen molar-refractivity contribution >= 4 is 11.3 Å². The van der Waals surface area contributed by atoms with Gasteiger partial charge in [-0.05, 0) is 43.9 Å². The van der Waals surface area contributed by atoms with Crippen LogP contribution in [0.4, 0.5) is 0 Å². The molecule has 0 spiro atoms. The zero-order valence-corrected chi connectivity index (χ0v) is 16.3. The lowest BCUT2D eigenvalue weighted by Gasteiger charge is -2.23. The molecule has 2 N–H and O–H groups in total. The van der Waals surface area contributed by atoms with Gasteiger partial charge in [-0.1, -0.05) is 20.8 Å². The second kappa shape index (κ2) is 7.53. The van der Waals surface area contributed by atoms with Crippen LogP contribution in [0.15, 0.2) is 17.5 Å².